The lowest BCUT2D eigenvalue weighted by molar-refractivity contribution is -0.144. The van der Waals surface area contributed by atoms with E-state index in [0.29, 0.717) is 32.0 Å². The fourth-order valence-corrected chi connectivity index (χ4v) is 5.73. The van der Waals surface area contributed by atoms with Gasteiger partial charge < -0.3 is 15.0 Å². The maximum atomic E-state index is 12.9. The van der Waals surface area contributed by atoms with Crippen LogP contribution in [0.2, 0.25) is 10.0 Å². The molecular weight excluding hydrogens is 607 g/mol. The Morgan fingerprint density at radius 1 is 1.02 bits per heavy atom. The summed E-state index contributed by atoms with van der Waals surface area (Å²) < 4.78 is 5.38. The van der Waals surface area contributed by atoms with Crippen LogP contribution in [0.4, 0.5) is 0 Å². The van der Waals surface area contributed by atoms with E-state index in [2.05, 4.69) is 57.3 Å². The van der Waals surface area contributed by atoms with E-state index in [9.17, 15) is 4.79 Å². The minimum atomic E-state index is -0.589. The lowest BCUT2D eigenvalue weighted by Gasteiger charge is -2.40. The average molecular weight is 654 g/mol. The number of aliphatic imine (C=N–C) groups is 2. The molecule has 1 fully saturated rings. The first-order chi connectivity index (χ1) is 21.8. The van der Waals surface area contributed by atoms with Crippen molar-refractivity contribution in [1.29, 1.82) is 0 Å². The summed E-state index contributed by atoms with van der Waals surface area (Å²) in [6.45, 7) is 9.74. The van der Waals surface area contributed by atoms with Gasteiger partial charge in [-0.25, -0.2) is 4.79 Å². The van der Waals surface area contributed by atoms with Gasteiger partial charge in [0, 0.05) is 48.3 Å². The van der Waals surface area contributed by atoms with Crippen molar-refractivity contribution in [3.8, 4) is 0 Å². The molecule has 0 unspecified atom stereocenters. The zero-order chi connectivity index (χ0) is 32.2. The van der Waals surface area contributed by atoms with Gasteiger partial charge in [-0.2, -0.15) is 0 Å². The molecule has 1 saturated heterocycles. The predicted molar refractivity (Wildman–Crippen MR) is 187 cm³/mol. The largest absolute Gasteiger partial charge is 0.464 e. The first kappa shape index (κ1) is 34.9. The van der Waals surface area contributed by atoms with Gasteiger partial charge >= 0.3 is 5.97 Å². The number of hydrogen-bond acceptors (Lipinski definition) is 7. The molecule has 0 aromatic heterocycles. The van der Waals surface area contributed by atoms with Crippen LogP contribution in [0, 0.1) is 0 Å². The van der Waals surface area contributed by atoms with Crippen LogP contribution in [0.1, 0.15) is 43.9 Å². The number of nitrogens with zero attached hydrogens (tertiary/aromatic N) is 5. The number of carbonyl (C=O) groups is 1. The van der Waals surface area contributed by atoms with Crippen molar-refractivity contribution in [3.63, 3.8) is 0 Å². The molecule has 1 atom stereocenters. The van der Waals surface area contributed by atoms with Crippen LogP contribution in [0.15, 0.2) is 82.3 Å². The Bertz CT molecular complexity index is 1320. The lowest BCUT2D eigenvalue weighted by atomic mass is 9.96. The van der Waals surface area contributed by atoms with Crippen molar-refractivity contribution < 1.29 is 9.53 Å². The van der Waals surface area contributed by atoms with Gasteiger partial charge in [0.15, 0.2) is 6.04 Å². The van der Waals surface area contributed by atoms with Crippen LogP contribution in [0.3, 0.4) is 0 Å². The van der Waals surface area contributed by atoms with Crippen LogP contribution in [0.5, 0.6) is 0 Å². The number of piperazine rings is 1. The molecule has 10 heteroatoms. The number of esters is 1. The predicted octanol–water partition coefficient (Wildman–Crippen LogP) is 5.88. The second-order valence-electron chi connectivity index (χ2n) is 11.6. The number of hydrogen-bond donors (Lipinski definition) is 1. The molecule has 242 valence electrons. The summed E-state index contributed by atoms with van der Waals surface area (Å²) in [5.41, 5.74) is 3.37. The number of ether oxygens (including phenoxy) is 1. The normalized spacial score (nSPS) is 19.0. The molecule has 0 radical (unpaired) electrons. The maximum absolute atomic E-state index is 12.9. The van der Waals surface area contributed by atoms with Gasteiger partial charge in [-0.15, -0.1) is 0 Å². The standard InChI is InChI=1S/C35H46Cl2N6O2/c1-5-7-8-9-28-24-38-32(40-34(28)39-31(18-19-41(3)4)35(44)45-6-2)25-42-20-22-43(23-21-42)33(26-10-14-29(36)15-11-26)27-12-16-30(37)17-13-27/h7-17,31,33H,5-6,18-25H2,1-4H3,(H,38,39,40)/b8-7-,28-9+/t31-/m0/s1. The number of carbonyl (C=O) groups excluding carboxylic acids is 1. The number of halogens is 2. The lowest BCUT2D eigenvalue weighted by Crippen LogP contribution is -2.52. The van der Waals surface area contributed by atoms with Gasteiger partial charge in [-0.3, -0.25) is 19.8 Å². The fraction of sp³-hybridized carbons (Fsp3) is 0.457. The van der Waals surface area contributed by atoms with E-state index in [1.54, 1.807) is 0 Å². The molecular formula is C35H46Cl2N6O2. The summed E-state index contributed by atoms with van der Waals surface area (Å²) in [6, 6.07) is 15.8. The van der Waals surface area contributed by atoms with E-state index < -0.39 is 6.04 Å². The molecule has 45 heavy (non-hydrogen) atoms. The second kappa shape index (κ2) is 17.6. The van der Waals surface area contributed by atoms with E-state index in [1.165, 1.54) is 11.1 Å². The highest BCUT2D eigenvalue weighted by Gasteiger charge is 2.28. The molecule has 2 aromatic rings. The van der Waals surface area contributed by atoms with Gasteiger partial charge in [-0.1, -0.05) is 72.6 Å². The highest BCUT2D eigenvalue weighted by Crippen LogP contribution is 2.31. The molecule has 1 N–H and O–H groups in total. The van der Waals surface area contributed by atoms with Crippen LogP contribution in [-0.4, -0.2) is 105 Å². The Morgan fingerprint density at radius 3 is 2.20 bits per heavy atom. The van der Waals surface area contributed by atoms with Crippen molar-refractivity contribution >= 4 is 40.8 Å². The molecule has 8 nitrogen and oxygen atoms in total. The Balaban J connectivity index is 1.48. The highest BCUT2D eigenvalue weighted by molar-refractivity contribution is 6.30. The Hall–Kier alpha value is -3.01. The fourth-order valence-electron chi connectivity index (χ4n) is 5.47. The van der Waals surface area contributed by atoms with E-state index in [-0.39, 0.29) is 12.0 Å². The van der Waals surface area contributed by atoms with Gasteiger partial charge in [-0.05, 0) is 69.3 Å². The van der Waals surface area contributed by atoms with Crippen molar-refractivity contribution in [1.82, 2.24) is 20.0 Å². The zero-order valence-electron chi connectivity index (χ0n) is 26.9. The summed E-state index contributed by atoms with van der Waals surface area (Å²) in [5.74, 6) is 1.26. The van der Waals surface area contributed by atoms with Crippen molar-refractivity contribution in [2.75, 3.05) is 66.5 Å². The first-order valence-corrected chi connectivity index (χ1v) is 16.6. The Kier molecular flexibility index (Phi) is 13.6. The van der Waals surface area contributed by atoms with E-state index in [4.69, 9.17) is 37.9 Å². The van der Waals surface area contributed by atoms with Crippen molar-refractivity contribution in [3.05, 3.63) is 93.5 Å². The maximum Gasteiger partial charge on any atom is 0.330 e. The third kappa shape index (κ3) is 10.5. The summed E-state index contributed by atoms with van der Waals surface area (Å²) in [5, 5.41) is 4.94. The molecule has 2 heterocycles. The molecule has 4 rings (SSSR count). The molecule has 0 amide bonds. The molecule has 0 aliphatic carbocycles. The van der Waals surface area contributed by atoms with Crippen molar-refractivity contribution in [2.45, 2.75) is 38.8 Å². The first-order valence-electron chi connectivity index (χ1n) is 15.8. The molecule has 2 aromatic carbocycles. The van der Waals surface area contributed by atoms with Gasteiger partial charge in [0.2, 0.25) is 0 Å². The van der Waals surface area contributed by atoms with Crippen LogP contribution < -0.4 is 5.32 Å². The Morgan fingerprint density at radius 2 is 1.64 bits per heavy atom. The quantitative estimate of drug-likeness (QED) is 0.273. The van der Waals surface area contributed by atoms with E-state index >= 15 is 0 Å². The monoisotopic (exact) mass is 652 g/mol. The van der Waals surface area contributed by atoms with Crippen LogP contribution >= 0.6 is 23.2 Å². The van der Waals surface area contributed by atoms with E-state index in [0.717, 1.165) is 60.6 Å². The summed E-state index contributed by atoms with van der Waals surface area (Å²) in [4.78, 5) is 29.6. The van der Waals surface area contributed by atoms with Crippen LogP contribution in [0.25, 0.3) is 0 Å². The molecule has 0 bridgehead atoms. The summed E-state index contributed by atoms with van der Waals surface area (Å²) >= 11 is 12.4. The number of rotatable bonds is 13. The highest BCUT2D eigenvalue weighted by atomic mass is 35.5. The summed E-state index contributed by atoms with van der Waals surface area (Å²) in [7, 11) is 3.99. The van der Waals surface area contributed by atoms with Gasteiger partial charge in [0.05, 0.1) is 25.7 Å². The number of benzene rings is 2. The topological polar surface area (TPSA) is 72.8 Å². The molecule has 0 saturated carbocycles. The van der Waals surface area contributed by atoms with Crippen LogP contribution in [-0.2, 0) is 9.53 Å². The zero-order valence-corrected chi connectivity index (χ0v) is 28.4. The smallest absolute Gasteiger partial charge is 0.330 e. The number of amidine groups is 2. The van der Waals surface area contributed by atoms with Gasteiger partial charge in [0.1, 0.15) is 11.7 Å². The molecule has 0 spiro atoms. The minimum absolute atomic E-state index is 0.108. The molecule has 2 aliphatic rings. The van der Waals surface area contributed by atoms with Gasteiger partial charge in [0.25, 0.3) is 0 Å². The number of nitrogens with one attached hydrogen (secondary N) is 1. The minimum Gasteiger partial charge on any atom is -0.464 e. The van der Waals surface area contributed by atoms with E-state index in [1.807, 2.05) is 57.4 Å². The van der Waals surface area contributed by atoms with Crippen molar-refractivity contribution in [2.24, 2.45) is 9.98 Å². The Labute approximate surface area is 278 Å². The third-order valence-electron chi connectivity index (χ3n) is 7.89. The average Bonchev–Trinajstić information content (AvgIpc) is 3.03. The molecule has 2 aliphatic heterocycles. The third-order valence-corrected chi connectivity index (χ3v) is 8.39. The SMILES string of the molecule is CC/C=C\C=C1/CN=C(CN2CCN(C(c3ccc(Cl)cc3)c3ccc(Cl)cc3)CC2)NC1=N[C@@H](CCN(C)C)C(=O)OCC. The second-order valence-corrected chi connectivity index (χ2v) is 12.4. The summed E-state index contributed by atoms with van der Waals surface area (Å²) in [6.07, 6.45) is 7.68. The number of allylic oxidation sites excluding steroid dienone is 3.